The Morgan fingerprint density at radius 1 is 1.15 bits per heavy atom. The van der Waals surface area contributed by atoms with Gasteiger partial charge in [0.1, 0.15) is 11.5 Å². The smallest absolute Gasteiger partial charge is 0.185 e. The summed E-state index contributed by atoms with van der Waals surface area (Å²) < 4.78 is 6.53. The van der Waals surface area contributed by atoms with Crippen LogP contribution in [0.3, 0.4) is 0 Å². The Kier molecular flexibility index (Phi) is 4.28. The van der Waals surface area contributed by atoms with Crippen LogP contribution in [0.5, 0.6) is 11.5 Å². The summed E-state index contributed by atoms with van der Waals surface area (Å²) in [5, 5.41) is 18.2. The molecule has 4 rings (SSSR count). The normalized spacial score (nSPS) is 25.9. The van der Waals surface area contributed by atoms with Crippen molar-refractivity contribution in [2.24, 2.45) is 0 Å². The van der Waals surface area contributed by atoms with Crippen LogP contribution < -0.4 is 15.4 Å². The van der Waals surface area contributed by atoms with Crippen LogP contribution in [0, 0.1) is 6.92 Å². The van der Waals surface area contributed by atoms with Crippen LogP contribution in [0.25, 0.3) is 0 Å². The summed E-state index contributed by atoms with van der Waals surface area (Å²) >= 11 is 12.0. The number of hydrogen-bond donors (Lipinski definition) is 3. The van der Waals surface area contributed by atoms with Gasteiger partial charge in [0.15, 0.2) is 10.8 Å². The molecule has 3 N–H and O–H groups in total. The first-order valence-electron chi connectivity index (χ1n) is 9.06. The van der Waals surface area contributed by atoms with E-state index in [1.165, 1.54) is 0 Å². The van der Waals surface area contributed by atoms with Gasteiger partial charge in [0, 0.05) is 40.4 Å². The highest BCUT2D eigenvalue weighted by molar-refractivity contribution is 7.80. The number of phenols is 1. The zero-order valence-electron chi connectivity index (χ0n) is 15.6. The number of aromatic hydroxyl groups is 1. The molecule has 27 heavy (non-hydrogen) atoms. The van der Waals surface area contributed by atoms with Crippen LogP contribution in [0.4, 0.5) is 0 Å². The van der Waals surface area contributed by atoms with E-state index in [9.17, 15) is 5.11 Å². The number of fused-ring (bicyclic) bond motifs is 1. The topological polar surface area (TPSA) is 53.5 Å². The van der Waals surface area contributed by atoms with Gasteiger partial charge in [0.05, 0.1) is 0 Å². The molecule has 2 aromatic rings. The number of ether oxygens (including phenoxy) is 1. The van der Waals surface area contributed by atoms with Crippen molar-refractivity contribution in [2.75, 3.05) is 0 Å². The van der Waals surface area contributed by atoms with Gasteiger partial charge < -0.3 is 20.5 Å². The molecule has 2 aromatic carbocycles. The van der Waals surface area contributed by atoms with E-state index in [-0.39, 0.29) is 17.2 Å². The molecule has 1 spiro atoms. The Morgan fingerprint density at radius 3 is 2.59 bits per heavy atom. The van der Waals surface area contributed by atoms with Gasteiger partial charge in [-0.25, -0.2) is 0 Å². The monoisotopic (exact) mass is 402 g/mol. The number of phenolic OH excluding ortho intramolecular Hbond substituents is 1. The maximum absolute atomic E-state index is 10.3. The lowest BCUT2D eigenvalue weighted by Gasteiger charge is -2.51. The molecule has 2 aliphatic heterocycles. The van der Waals surface area contributed by atoms with E-state index in [2.05, 4.69) is 30.5 Å². The predicted octanol–water partition coefficient (Wildman–Crippen LogP) is 4.61. The molecule has 2 aliphatic rings. The zero-order valence-corrected chi connectivity index (χ0v) is 17.2. The van der Waals surface area contributed by atoms with Crippen molar-refractivity contribution in [2.45, 2.75) is 50.8 Å². The first-order chi connectivity index (χ1) is 12.7. The largest absolute Gasteiger partial charge is 0.508 e. The molecule has 1 fully saturated rings. The third-order valence-corrected chi connectivity index (χ3v) is 5.96. The molecule has 2 heterocycles. The minimum Gasteiger partial charge on any atom is -0.508 e. The molecular weight excluding hydrogens is 380 g/mol. The van der Waals surface area contributed by atoms with E-state index >= 15 is 0 Å². The zero-order chi connectivity index (χ0) is 19.4. The van der Waals surface area contributed by atoms with Crippen LogP contribution in [-0.2, 0) is 0 Å². The Labute approximate surface area is 169 Å². The second-order valence-electron chi connectivity index (χ2n) is 8.14. The standard InChI is InChI=1S/C21H23ClN2O2S/c1-12-17(25)9-8-14-15(13-6-4-5-7-16(13)22)10-21(26-18(12)14)11-20(2,3)23-19(27)24-21/h4-9,15,25H,10-11H2,1-3H3,(H2,23,24,27)/t15-,21+/m0/s1. The predicted molar refractivity (Wildman–Crippen MR) is 112 cm³/mol. The molecule has 0 bridgehead atoms. The third kappa shape index (κ3) is 3.23. The second kappa shape index (κ2) is 6.28. The lowest BCUT2D eigenvalue weighted by molar-refractivity contribution is -0.0134. The molecule has 0 unspecified atom stereocenters. The van der Waals surface area contributed by atoms with E-state index in [4.69, 9.17) is 28.6 Å². The SMILES string of the molecule is Cc1c(O)ccc2c1O[C@]1(C[C@H]2c2ccccc2Cl)CC(C)(C)NC(=S)N1. The van der Waals surface area contributed by atoms with Gasteiger partial charge in [-0.2, -0.15) is 0 Å². The van der Waals surface area contributed by atoms with E-state index < -0.39 is 5.72 Å². The highest BCUT2D eigenvalue weighted by Crippen LogP contribution is 2.50. The summed E-state index contributed by atoms with van der Waals surface area (Å²) in [5.41, 5.74) is 1.94. The lowest BCUT2D eigenvalue weighted by Crippen LogP contribution is -2.69. The molecule has 0 saturated carbocycles. The molecular formula is C21H23ClN2O2S. The first kappa shape index (κ1) is 18.4. The molecule has 1 saturated heterocycles. The number of halogens is 1. The number of benzene rings is 2. The van der Waals surface area contributed by atoms with Gasteiger partial charge in [-0.1, -0.05) is 35.9 Å². The van der Waals surface area contributed by atoms with Gasteiger partial charge >= 0.3 is 0 Å². The van der Waals surface area contributed by atoms with Crippen molar-refractivity contribution < 1.29 is 9.84 Å². The van der Waals surface area contributed by atoms with Crippen LogP contribution >= 0.6 is 23.8 Å². The summed E-state index contributed by atoms with van der Waals surface area (Å²) in [4.78, 5) is 0. The average molecular weight is 403 g/mol. The number of thiocarbonyl (C=S) groups is 1. The fourth-order valence-electron chi connectivity index (χ4n) is 4.36. The molecule has 2 atom stereocenters. The lowest BCUT2D eigenvalue weighted by atomic mass is 9.76. The third-order valence-electron chi connectivity index (χ3n) is 5.42. The van der Waals surface area contributed by atoms with E-state index in [0.717, 1.165) is 28.1 Å². The molecule has 0 radical (unpaired) electrons. The van der Waals surface area contributed by atoms with Crippen molar-refractivity contribution in [3.8, 4) is 11.5 Å². The summed E-state index contributed by atoms with van der Waals surface area (Å²) in [5.74, 6) is 0.963. The van der Waals surface area contributed by atoms with Crippen molar-refractivity contribution in [3.63, 3.8) is 0 Å². The number of rotatable bonds is 1. The molecule has 6 heteroatoms. The first-order valence-corrected chi connectivity index (χ1v) is 9.85. The average Bonchev–Trinajstić information content (AvgIpc) is 2.56. The minimum absolute atomic E-state index is 0.0333. The minimum atomic E-state index is -0.665. The van der Waals surface area contributed by atoms with Crippen molar-refractivity contribution in [1.82, 2.24) is 10.6 Å². The van der Waals surface area contributed by atoms with Crippen molar-refractivity contribution >= 4 is 28.9 Å². The molecule has 0 aromatic heterocycles. The summed E-state index contributed by atoms with van der Waals surface area (Å²) in [6.45, 7) is 6.10. The second-order valence-corrected chi connectivity index (χ2v) is 8.96. The quantitative estimate of drug-likeness (QED) is 0.608. The maximum Gasteiger partial charge on any atom is 0.185 e. The van der Waals surface area contributed by atoms with Crippen LogP contribution in [0.1, 0.15) is 49.3 Å². The summed E-state index contributed by atoms with van der Waals surface area (Å²) in [6.07, 6.45) is 1.41. The van der Waals surface area contributed by atoms with Crippen molar-refractivity contribution in [1.29, 1.82) is 0 Å². The highest BCUT2D eigenvalue weighted by Gasteiger charge is 2.49. The van der Waals surface area contributed by atoms with E-state index in [1.807, 2.05) is 31.2 Å². The number of nitrogens with one attached hydrogen (secondary N) is 2. The van der Waals surface area contributed by atoms with Gasteiger partial charge in [0.2, 0.25) is 0 Å². The molecule has 0 aliphatic carbocycles. The fraction of sp³-hybridized carbons (Fsp3) is 0.381. The molecule has 142 valence electrons. The Bertz CT molecular complexity index is 930. The van der Waals surface area contributed by atoms with Gasteiger partial charge in [-0.15, -0.1) is 0 Å². The Balaban J connectivity index is 1.89. The van der Waals surface area contributed by atoms with Crippen molar-refractivity contribution in [3.05, 3.63) is 58.1 Å². The Morgan fingerprint density at radius 2 is 1.89 bits per heavy atom. The van der Waals surface area contributed by atoms with E-state index in [0.29, 0.717) is 17.3 Å². The summed E-state index contributed by atoms with van der Waals surface area (Å²) in [6, 6.07) is 11.6. The van der Waals surface area contributed by atoms with Crippen LogP contribution in [0.2, 0.25) is 5.02 Å². The molecule has 0 amide bonds. The van der Waals surface area contributed by atoms with Crippen LogP contribution in [-0.4, -0.2) is 21.5 Å². The van der Waals surface area contributed by atoms with E-state index in [1.54, 1.807) is 6.07 Å². The van der Waals surface area contributed by atoms with Gasteiger partial charge in [-0.3, -0.25) is 0 Å². The van der Waals surface area contributed by atoms with Gasteiger partial charge in [0.25, 0.3) is 0 Å². The highest BCUT2D eigenvalue weighted by atomic mass is 35.5. The van der Waals surface area contributed by atoms with Gasteiger partial charge in [-0.05, 0) is 50.7 Å². The fourth-order valence-corrected chi connectivity index (χ4v) is 5.09. The maximum atomic E-state index is 10.3. The number of hydrogen-bond acceptors (Lipinski definition) is 3. The van der Waals surface area contributed by atoms with Crippen LogP contribution in [0.15, 0.2) is 36.4 Å². The summed E-state index contributed by atoms with van der Waals surface area (Å²) in [7, 11) is 0. The molecule has 4 nitrogen and oxygen atoms in total. The Hall–Kier alpha value is -1.98.